The molecular weight excluding hydrogens is 286 g/mol. The zero-order chi connectivity index (χ0) is 16.1. The van der Waals surface area contributed by atoms with E-state index in [0.29, 0.717) is 6.42 Å². The van der Waals surface area contributed by atoms with Gasteiger partial charge >= 0.3 is 0 Å². The summed E-state index contributed by atoms with van der Waals surface area (Å²) in [7, 11) is 0. The Hall–Kier alpha value is -2.64. The summed E-state index contributed by atoms with van der Waals surface area (Å²) < 4.78 is 0. The first-order chi connectivity index (χ1) is 11.3. The highest BCUT2D eigenvalue weighted by Crippen LogP contribution is 2.30. The predicted molar refractivity (Wildman–Crippen MR) is 91.9 cm³/mol. The summed E-state index contributed by atoms with van der Waals surface area (Å²) >= 11 is 0. The molecule has 0 atom stereocenters. The molecular formula is C19H19N3O. The Bertz CT molecular complexity index is 857. The Morgan fingerprint density at radius 2 is 2.09 bits per heavy atom. The van der Waals surface area contributed by atoms with Crippen LogP contribution in [-0.2, 0) is 6.42 Å². The highest BCUT2D eigenvalue weighted by molar-refractivity contribution is 5.89. The molecule has 0 fully saturated rings. The van der Waals surface area contributed by atoms with Gasteiger partial charge in [-0.3, -0.25) is 4.98 Å². The number of rotatable bonds is 4. The van der Waals surface area contributed by atoms with Crippen LogP contribution in [-0.4, -0.2) is 26.7 Å². The van der Waals surface area contributed by atoms with Crippen LogP contribution in [0, 0.1) is 11.8 Å². The molecule has 0 spiro atoms. The maximum absolute atomic E-state index is 8.83. The number of nitrogens with zero attached hydrogens (tertiary/aromatic N) is 2. The number of aromatic nitrogens is 3. The fourth-order valence-corrected chi connectivity index (χ4v) is 2.69. The van der Waals surface area contributed by atoms with Gasteiger partial charge in [0.2, 0.25) is 0 Å². The molecule has 3 rings (SSSR count). The number of aromatic amines is 1. The van der Waals surface area contributed by atoms with Gasteiger partial charge in [0.1, 0.15) is 5.65 Å². The quantitative estimate of drug-likeness (QED) is 0.727. The molecule has 0 aliphatic rings. The molecule has 23 heavy (non-hydrogen) atoms. The molecule has 0 aliphatic carbocycles. The van der Waals surface area contributed by atoms with Crippen LogP contribution >= 0.6 is 0 Å². The van der Waals surface area contributed by atoms with Gasteiger partial charge in [0.05, 0.1) is 12.3 Å². The van der Waals surface area contributed by atoms with E-state index in [4.69, 9.17) is 5.11 Å². The van der Waals surface area contributed by atoms with Crippen molar-refractivity contribution >= 4 is 11.0 Å². The third kappa shape index (κ3) is 3.25. The second-order valence-corrected chi connectivity index (χ2v) is 5.36. The second-order valence-electron chi connectivity index (χ2n) is 5.36. The standard InChI is InChI=1S/C19H19N3O/c1-2-5-16-17-12-14(6-3-4-11-23)13-21-19(17)22-18(16)15-7-9-20-10-8-15/h7-10,12-13,23H,2,4-5,11H2,1H3,(H,21,22). The van der Waals surface area contributed by atoms with Crippen LogP contribution in [0.4, 0.5) is 0 Å². The van der Waals surface area contributed by atoms with Crippen LogP contribution in [0.1, 0.15) is 30.9 Å². The van der Waals surface area contributed by atoms with Gasteiger partial charge < -0.3 is 10.1 Å². The topological polar surface area (TPSA) is 61.8 Å². The van der Waals surface area contributed by atoms with Gasteiger partial charge in [-0.2, -0.15) is 0 Å². The third-order valence-corrected chi connectivity index (χ3v) is 3.70. The lowest BCUT2D eigenvalue weighted by atomic mass is 10.0. The van der Waals surface area contributed by atoms with Crippen LogP contribution in [0.25, 0.3) is 22.3 Å². The average Bonchev–Trinajstić information content (AvgIpc) is 2.95. The molecule has 0 aliphatic heterocycles. The molecule has 0 saturated heterocycles. The van der Waals surface area contributed by atoms with E-state index >= 15 is 0 Å². The molecule has 0 unspecified atom stereocenters. The fourth-order valence-electron chi connectivity index (χ4n) is 2.69. The van der Waals surface area contributed by atoms with E-state index in [2.05, 4.69) is 39.8 Å². The Morgan fingerprint density at radius 1 is 1.26 bits per heavy atom. The van der Waals surface area contributed by atoms with Crippen LogP contribution in [0.15, 0.2) is 36.8 Å². The number of nitrogens with one attached hydrogen (secondary N) is 1. The lowest BCUT2D eigenvalue weighted by Crippen LogP contribution is -1.87. The normalized spacial score (nSPS) is 10.5. The highest BCUT2D eigenvalue weighted by atomic mass is 16.2. The van der Waals surface area contributed by atoms with Crippen molar-refractivity contribution in [3.05, 3.63) is 47.9 Å². The van der Waals surface area contributed by atoms with Gasteiger partial charge in [-0.1, -0.05) is 25.2 Å². The number of hydrogen-bond acceptors (Lipinski definition) is 3. The Balaban J connectivity index is 2.12. The summed E-state index contributed by atoms with van der Waals surface area (Å²) in [5.41, 5.74) is 5.26. The van der Waals surface area contributed by atoms with E-state index in [1.165, 1.54) is 5.56 Å². The summed E-state index contributed by atoms with van der Waals surface area (Å²) in [4.78, 5) is 12.0. The molecule has 116 valence electrons. The number of aliphatic hydroxyl groups is 1. The summed E-state index contributed by atoms with van der Waals surface area (Å²) in [6.45, 7) is 2.26. The molecule has 0 amide bonds. The Kier molecular flexibility index (Phi) is 4.70. The number of fused-ring (bicyclic) bond motifs is 1. The minimum absolute atomic E-state index is 0.0834. The minimum atomic E-state index is 0.0834. The van der Waals surface area contributed by atoms with Gasteiger partial charge in [-0.05, 0) is 30.2 Å². The second kappa shape index (κ2) is 7.08. The first kappa shape index (κ1) is 15.3. The van der Waals surface area contributed by atoms with Gasteiger partial charge in [0.25, 0.3) is 0 Å². The zero-order valence-corrected chi connectivity index (χ0v) is 13.1. The average molecular weight is 305 g/mol. The highest BCUT2D eigenvalue weighted by Gasteiger charge is 2.13. The summed E-state index contributed by atoms with van der Waals surface area (Å²) in [5, 5.41) is 9.95. The van der Waals surface area contributed by atoms with E-state index in [0.717, 1.165) is 40.7 Å². The molecule has 4 heteroatoms. The molecule has 2 N–H and O–H groups in total. The zero-order valence-electron chi connectivity index (χ0n) is 13.1. The van der Waals surface area contributed by atoms with Crippen molar-refractivity contribution in [1.82, 2.24) is 15.0 Å². The molecule has 3 aromatic heterocycles. The molecule has 0 aromatic carbocycles. The van der Waals surface area contributed by atoms with Crippen LogP contribution in [0.5, 0.6) is 0 Å². The number of aryl methyl sites for hydroxylation is 1. The smallest absolute Gasteiger partial charge is 0.138 e. The number of aliphatic hydroxyl groups excluding tert-OH is 1. The SMILES string of the molecule is CCCc1c(-c2ccncc2)[nH]c2ncc(C#CCCO)cc12. The van der Waals surface area contributed by atoms with Crippen molar-refractivity contribution in [3.63, 3.8) is 0 Å². The van der Waals surface area contributed by atoms with Crippen LogP contribution in [0.2, 0.25) is 0 Å². The van der Waals surface area contributed by atoms with Crippen LogP contribution < -0.4 is 0 Å². The summed E-state index contributed by atoms with van der Waals surface area (Å²) in [6.07, 6.45) is 7.90. The van der Waals surface area contributed by atoms with Crippen molar-refractivity contribution in [2.75, 3.05) is 6.61 Å². The molecule has 4 nitrogen and oxygen atoms in total. The van der Waals surface area contributed by atoms with Crippen molar-refractivity contribution < 1.29 is 5.11 Å². The Labute approximate surface area is 135 Å². The molecule has 3 heterocycles. The molecule has 0 bridgehead atoms. The molecule has 0 radical (unpaired) electrons. The van der Waals surface area contributed by atoms with Crippen LogP contribution in [0.3, 0.4) is 0 Å². The summed E-state index contributed by atoms with van der Waals surface area (Å²) in [5.74, 6) is 6.01. The van der Waals surface area contributed by atoms with Crippen molar-refractivity contribution in [3.8, 4) is 23.1 Å². The number of hydrogen-bond donors (Lipinski definition) is 2. The largest absolute Gasteiger partial charge is 0.395 e. The van der Waals surface area contributed by atoms with E-state index in [9.17, 15) is 0 Å². The number of H-pyrrole nitrogens is 1. The van der Waals surface area contributed by atoms with Gasteiger partial charge in [-0.25, -0.2) is 4.98 Å². The van der Waals surface area contributed by atoms with E-state index in [-0.39, 0.29) is 6.61 Å². The van der Waals surface area contributed by atoms with Crippen molar-refractivity contribution in [2.24, 2.45) is 0 Å². The fraction of sp³-hybridized carbons (Fsp3) is 0.263. The molecule has 3 aromatic rings. The molecule has 0 saturated carbocycles. The van der Waals surface area contributed by atoms with Crippen molar-refractivity contribution in [2.45, 2.75) is 26.2 Å². The first-order valence-corrected chi connectivity index (χ1v) is 7.84. The van der Waals surface area contributed by atoms with Gasteiger partial charge in [-0.15, -0.1) is 0 Å². The lowest BCUT2D eigenvalue weighted by Gasteiger charge is -2.03. The summed E-state index contributed by atoms with van der Waals surface area (Å²) in [6, 6.07) is 6.09. The number of pyridine rings is 2. The Morgan fingerprint density at radius 3 is 2.83 bits per heavy atom. The van der Waals surface area contributed by atoms with E-state index < -0.39 is 0 Å². The van der Waals surface area contributed by atoms with Gasteiger partial charge in [0.15, 0.2) is 0 Å². The lowest BCUT2D eigenvalue weighted by molar-refractivity contribution is 0.305. The van der Waals surface area contributed by atoms with E-state index in [1.807, 2.05) is 12.1 Å². The third-order valence-electron chi connectivity index (χ3n) is 3.70. The predicted octanol–water partition coefficient (Wildman–Crippen LogP) is 3.31. The maximum atomic E-state index is 8.83. The first-order valence-electron chi connectivity index (χ1n) is 7.84. The van der Waals surface area contributed by atoms with E-state index in [1.54, 1.807) is 18.6 Å². The minimum Gasteiger partial charge on any atom is -0.395 e. The maximum Gasteiger partial charge on any atom is 0.138 e. The van der Waals surface area contributed by atoms with Gasteiger partial charge in [0, 0.05) is 41.5 Å². The monoisotopic (exact) mass is 305 g/mol. The van der Waals surface area contributed by atoms with Crippen molar-refractivity contribution in [1.29, 1.82) is 0 Å².